The third kappa shape index (κ3) is 4.85. The Balaban J connectivity index is 1.51. The lowest BCUT2D eigenvalue weighted by atomic mass is 9.99. The van der Waals surface area contributed by atoms with Gasteiger partial charge < -0.3 is 10.2 Å². The van der Waals surface area contributed by atoms with Crippen LogP contribution < -0.4 is 5.32 Å². The Labute approximate surface area is 160 Å². The number of piperidine rings is 2. The fraction of sp³-hybridized carbons (Fsp3) is 0.722. The van der Waals surface area contributed by atoms with Gasteiger partial charge in [0, 0.05) is 31.1 Å². The molecule has 26 heavy (non-hydrogen) atoms. The maximum atomic E-state index is 12.8. The van der Waals surface area contributed by atoms with Gasteiger partial charge in [-0.05, 0) is 57.8 Å². The van der Waals surface area contributed by atoms with Crippen LogP contribution >= 0.6 is 11.3 Å². The number of likely N-dealkylation sites (tertiary alicyclic amines) is 1. The van der Waals surface area contributed by atoms with E-state index in [0.717, 1.165) is 37.4 Å². The number of thiophene rings is 1. The molecule has 0 aliphatic carbocycles. The number of sulfonamides is 1. The molecule has 2 saturated heterocycles. The number of carbonyl (C=O) groups excluding carboxylic acids is 1. The molecule has 0 spiro atoms. The predicted octanol–water partition coefficient (Wildman–Crippen LogP) is 2.06. The van der Waals surface area contributed by atoms with Crippen molar-refractivity contribution in [2.24, 2.45) is 5.92 Å². The van der Waals surface area contributed by atoms with Crippen molar-refractivity contribution in [2.45, 2.75) is 43.2 Å². The topological polar surface area (TPSA) is 69.7 Å². The number of amides is 1. The molecule has 1 amide bonds. The summed E-state index contributed by atoms with van der Waals surface area (Å²) in [6.45, 7) is 6.45. The molecule has 8 heteroatoms. The summed E-state index contributed by atoms with van der Waals surface area (Å²) in [5.41, 5.74) is 0. The van der Waals surface area contributed by atoms with Crippen molar-refractivity contribution in [3.8, 4) is 0 Å². The normalized spacial score (nSPS) is 23.0. The maximum absolute atomic E-state index is 12.8. The molecule has 0 aromatic carbocycles. The zero-order chi connectivity index (χ0) is 18.6. The van der Waals surface area contributed by atoms with Gasteiger partial charge in [0.25, 0.3) is 10.0 Å². The fourth-order valence-electron chi connectivity index (χ4n) is 3.72. The number of hydrogen-bond acceptors (Lipinski definition) is 5. The maximum Gasteiger partial charge on any atom is 0.252 e. The number of carbonyl (C=O) groups is 1. The van der Waals surface area contributed by atoms with E-state index in [0.29, 0.717) is 17.3 Å². The minimum absolute atomic E-state index is 0.00994. The van der Waals surface area contributed by atoms with Crippen LogP contribution in [0.3, 0.4) is 0 Å². The van der Waals surface area contributed by atoms with Crippen molar-refractivity contribution in [3.05, 3.63) is 17.0 Å². The standard InChI is InChI=1S/C18H29N3O3S2/c1-15-7-8-17(25-15)26(23,24)21-12-5-6-16(14-21)18(22)19-9-13-20-10-3-2-4-11-20/h7-8,16H,2-6,9-14H2,1H3,(H,19,22). The van der Waals surface area contributed by atoms with Crippen LogP contribution in [0.1, 0.15) is 37.0 Å². The Hall–Kier alpha value is -0.960. The quantitative estimate of drug-likeness (QED) is 0.795. The van der Waals surface area contributed by atoms with Gasteiger partial charge in [0.2, 0.25) is 5.91 Å². The molecule has 1 N–H and O–H groups in total. The van der Waals surface area contributed by atoms with Crippen LogP contribution in [0.4, 0.5) is 0 Å². The third-order valence-corrected chi connectivity index (χ3v) is 8.57. The first-order chi connectivity index (χ1) is 12.5. The van der Waals surface area contributed by atoms with Crippen LogP contribution in [0, 0.1) is 12.8 Å². The van der Waals surface area contributed by atoms with Crippen molar-refractivity contribution < 1.29 is 13.2 Å². The van der Waals surface area contributed by atoms with Crippen molar-refractivity contribution in [1.29, 1.82) is 0 Å². The van der Waals surface area contributed by atoms with Crippen LogP contribution in [-0.4, -0.2) is 62.8 Å². The van der Waals surface area contributed by atoms with Crippen LogP contribution in [-0.2, 0) is 14.8 Å². The molecular weight excluding hydrogens is 370 g/mol. The zero-order valence-electron chi connectivity index (χ0n) is 15.4. The molecule has 2 aliphatic rings. The lowest BCUT2D eigenvalue weighted by Crippen LogP contribution is -2.46. The van der Waals surface area contributed by atoms with E-state index < -0.39 is 10.0 Å². The molecule has 1 aromatic heterocycles. The molecule has 2 aliphatic heterocycles. The van der Waals surface area contributed by atoms with Crippen molar-refractivity contribution in [2.75, 3.05) is 39.3 Å². The lowest BCUT2D eigenvalue weighted by molar-refractivity contribution is -0.126. The average molecular weight is 400 g/mol. The highest BCUT2D eigenvalue weighted by Gasteiger charge is 2.33. The van der Waals surface area contributed by atoms with E-state index in [2.05, 4.69) is 10.2 Å². The molecule has 1 aromatic rings. The van der Waals surface area contributed by atoms with E-state index >= 15 is 0 Å². The molecule has 1 atom stereocenters. The van der Waals surface area contributed by atoms with Gasteiger partial charge in [0.15, 0.2) is 0 Å². The second-order valence-electron chi connectivity index (χ2n) is 7.26. The van der Waals surface area contributed by atoms with Crippen LogP contribution in [0.25, 0.3) is 0 Å². The summed E-state index contributed by atoms with van der Waals surface area (Å²) >= 11 is 1.29. The van der Waals surface area contributed by atoms with Crippen LogP contribution in [0.2, 0.25) is 0 Å². The number of nitrogens with zero attached hydrogens (tertiary/aromatic N) is 2. The molecular formula is C18H29N3O3S2. The predicted molar refractivity (Wildman–Crippen MR) is 104 cm³/mol. The smallest absolute Gasteiger partial charge is 0.252 e. The summed E-state index contributed by atoms with van der Waals surface area (Å²) in [7, 11) is -3.48. The molecule has 0 saturated carbocycles. The molecule has 3 heterocycles. The summed E-state index contributed by atoms with van der Waals surface area (Å²) in [5, 5.41) is 3.02. The molecule has 0 bridgehead atoms. The monoisotopic (exact) mass is 399 g/mol. The van der Waals surface area contributed by atoms with Crippen molar-refractivity contribution in [1.82, 2.24) is 14.5 Å². The minimum atomic E-state index is -3.48. The van der Waals surface area contributed by atoms with Gasteiger partial charge in [-0.3, -0.25) is 4.79 Å². The molecule has 1 unspecified atom stereocenters. The SMILES string of the molecule is Cc1ccc(S(=O)(=O)N2CCCC(C(=O)NCCN3CCCCC3)C2)s1. The Bertz CT molecular complexity index is 711. The highest BCUT2D eigenvalue weighted by molar-refractivity contribution is 7.91. The van der Waals surface area contributed by atoms with Gasteiger partial charge >= 0.3 is 0 Å². The summed E-state index contributed by atoms with van der Waals surface area (Å²) in [6.07, 6.45) is 5.27. The van der Waals surface area contributed by atoms with Crippen LogP contribution in [0.15, 0.2) is 16.3 Å². The van der Waals surface area contributed by atoms with Gasteiger partial charge in [-0.1, -0.05) is 6.42 Å². The van der Waals surface area contributed by atoms with Gasteiger partial charge in [-0.25, -0.2) is 8.42 Å². The second kappa shape index (κ2) is 8.82. The van der Waals surface area contributed by atoms with E-state index in [9.17, 15) is 13.2 Å². The molecule has 2 fully saturated rings. The van der Waals surface area contributed by atoms with Crippen molar-refractivity contribution >= 4 is 27.3 Å². The summed E-state index contributed by atoms with van der Waals surface area (Å²) in [4.78, 5) is 15.9. The molecule has 3 rings (SSSR count). The van der Waals surface area contributed by atoms with E-state index in [1.54, 1.807) is 6.07 Å². The van der Waals surface area contributed by atoms with Gasteiger partial charge in [0.1, 0.15) is 4.21 Å². The molecule has 6 nitrogen and oxygen atoms in total. The van der Waals surface area contributed by atoms with Gasteiger partial charge in [0.05, 0.1) is 5.92 Å². The Morgan fingerprint density at radius 2 is 1.96 bits per heavy atom. The average Bonchev–Trinajstić information content (AvgIpc) is 3.10. The Morgan fingerprint density at radius 3 is 2.65 bits per heavy atom. The molecule has 146 valence electrons. The Morgan fingerprint density at radius 1 is 1.19 bits per heavy atom. The summed E-state index contributed by atoms with van der Waals surface area (Å²) in [6, 6.07) is 3.49. The van der Waals surface area contributed by atoms with E-state index in [1.165, 1.54) is 34.9 Å². The number of nitrogens with one attached hydrogen (secondary N) is 1. The second-order valence-corrected chi connectivity index (χ2v) is 10.7. The van der Waals surface area contributed by atoms with Gasteiger partial charge in [-0.2, -0.15) is 4.31 Å². The summed E-state index contributed by atoms with van der Waals surface area (Å²) < 4.78 is 27.4. The summed E-state index contributed by atoms with van der Waals surface area (Å²) in [5.74, 6) is -0.259. The highest BCUT2D eigenvalue weighted by Crippen LogP contribution is 2.28. The minimum Gasteiger partial charge on any atom is -0.355 e. The first-order valence-corrected chi connectivity index (χ1v) is 11.8. The number of hydrogen-bond donors (Lipinski definition) is 1. The number of rotatable bonds is 6. The lowest BCUT2D eigenvalue weighted by Gasteiger charge is -2.31. The van der Waals surface area contributed by atoms with E-state index in [-0.39, 0.29) is 18.4 Å². The Kier molecular flexibility index (Phi) is 6.71. The first-order valence-electron chi connectivity index (χ1n) is 9.53. The van der Waals surface area contributed by atoms with E-state index in [4.69, 9.17) is 0 Å². The fourth-order valence-corrected chi connectivity index (χ4v) is 6.68. The van der Waals surface area contributed by atoms with Crippen LogP contribution in [0.5, 0.6) is 0 Å². The van der Waals surface area contributed by atoms with E-state index in [1.807, 2.05) is 13.0 Å². The van der Waals surface area contributed by atoms with Crippen molar-refractivity contribution in [3.63, 3.8) is 0 Å². The molecule has 0 radical (unpaired) electrons. The zero-order valence-corrected chi connectivity index (χ0v) is 17.1. The highest BCUT2D eigenvalue weighted by atomic mass is 32.2. The third-order valence-electron chi connectivity index (χ3n) is 5.24. The number of aryl methyl sites for hydroxylation is 1. The van der Waals surface area contributed by atoms with Gasteiger partial charge in [-0.15, -0.1) is 11.3 Å². The first kappa shape index (κ1) is 19.8. The largest absolute Gasteiger partial charge is 0.355 e.